The minimum atomic E-state index is 0.438. The third kappa shape index (κ3) is 2.87. The summed E-state index contributed by atoms with van der Waals surface area (Å²) in [5, 5.41) is 18.9. The van der Waals surface area contributed by atoms with Crippen molar-refractivity contribution in [3.05, 3.63) is 45.5 Å². The Balaban J connectivity index is 2.05. The highest BCUT2D eigenvalue weighted by Gasteiger charge is 2.18. The average molecular weight is 333 g/mol. The largest absolute Gasteiger partial charge is 0.310 e. The molecular formula is C16H14Cl2N4. The smallest absolute Gasteiger partial charge is 0.174 e. The standard InChI is InChI=1S/C16H14Cl2N4/c17-13-6-4-5-11(15(13)18)9-12(10-19)16-21-20-14-7-2-1-3-8-22(14)16/h4-6,9H,1-3,7-8H2. The Morgan fingerprint density at radius 2 is 2.09 bits per heavy atom. The number of allylic oxidation sites excluding steroid dienone is 1. The average Bonchev–Trinajstić information content (AvgIpc) is 2.77. The van der Waals surface area contributed by atoms with Crippen molar-refractivity contribution in [1.82, 2.24) is 14.8 Å². The highest BCUT2D eigenvalue weighted by atomic mass is 35.5. The first-order chi connectivity index (χ1) is 10.7. The van der Waals surface area contributed by atoms with E-state index in [0.717, 1.165) is 31.6 Å². The summed E-state index contributed by atoms with van der Waals surface area (Å²) < 4.78 is 2.04. The van der Waals surface area contributed by atoms with Crippen molar-refractivity contribution in [3.63, 3.8) is 0 Å². The van der Waals surface area contributed by atoms with E-state index in [2.05, 4.69) is 16.3 Å². The lowest BCUT2D eigenvalue weighted by atomic mass is 10.1. The van der Waals surface area contributed by atoms with Gasteiger partial charge < -0.3 is 4.57 Å². The zero-order valence-electron chi connectivity index (χ0n) is 11.9. The van der Waals surface area contributed by atoms with E-state index in [4.69, 9.17) is 23.2 Å². The fourth-order valence-corrected chi connectivity index (χ4v) is 2.98. The van der Waals surface area contributed by atoms with Crippen LogP contribution in [-0.2, 0) is 13.0 Å². The SMILES string of the molecule is N#CC(=Cc1cccc(Cl)c1Cl)c1nnc2n1CCCCC2. The molecule has 0 saturated heterocycles. The van der Waals surface area contributed by atoms with E-state index in [0.29, 0.717) is 27.0 Å². The van der Waals surface area contributed by atoms with E-state index in [1.165, 1.54) is 6.42 Å². The van der Waals surface area contributed by atoms with Gasteiger partial charge in [0.05, 0.1) is 15.6 Å². The molecule has 0 unspecified atom stereocenters. The van der Waals surface area contributed by atoms with E-state index in [1.54, 1.807) is 18.2 Å². The molecule has 1 aliphatic rings. The number of hydrogen-bond acceptors (Lipinski definition) is 3. The summed E-state index contributed by atoms with van der Waals surface area (Å²) in [6.45, 7) is 0.847. The molecule has 2 heterocycles. The first-order valence-electron chi connectivity index (χ1n) is 7.19. The lowest BCUT2D eigenvalue weighted by molar-refractivity contribution is 0.627. The third-order valence-electron chi connectivity index (χ3n) is 3.75. The van der Waals surface area contributed by atoms with Crippen LogP contribution in [0.4, 0.5) is 0 Å². The van der Waals surface area contributed by atoms with Gasteiger partial charge in [-0.1, -0.05) is 41.8 Å². The van der Waals surface area contributed by atoms with Gasteiger partial charge in [0.2, 0.25) is 0 Å². The fraction of sp³-hybridized carbons (Fsp3) is 0.312. The second-order valence-electron chi connectivity index (χ2n) is 5.21. The molecule has 0 spiro atoms. The molecule has 22 heavy (non-hydrogen) atoms. The van der Waals surface area contributed by atoms with E-state index in [9.17, 15) is 5.26 Å². The summed E-state index contributed by atoms with van der Waals surface area (Å²) in [5.41, 5.74) is 1.15. The lowest BCUT2D eigenvalue weighted by Gasteiger charge is -2.06. The normalized spacial score (nSPS) is 15.0. The molecule has 0 atom stereocenters. The summed E-state index contributed by atoms with van der Waals surface area (Å²) in [7, 11) is 0. The monoisotopic (exact) mass is 332 g/mol. The van der Waals surface area contributed by atoms with Crippen LogP contribution in [-0.4, -0.2) is 14.8 Å². The van der Waals surface area contributed by atoms with Crippen LogP contribution in [0.2, 0.25) is 10.0 Å². The number of aromatic nitrogens is 3. The van der Waals surface area contributed by atoms with Gasteiger partial charge in [0, 0.05) is 13.0 Å². The minimum absolute atomic E-state index is 0.438. The Hall–Kier alpha value is -1.83. The quantitative estimate of drug-likeness (QED) is 0.767. The predicted molar refractivity (Wildman–Crippen MR) is 87.5 cm³/mol. The van der Waals surface area contributed by atoms with E-state index in [-0.39, 0.29) is 0 Å². The van der Waals surface area contributed by atoms with Gasteiger partial charge in [-0.25, -0.2) is 0 Å². The van der Waals surface area contributed by atoms with Gasteiger partial charge in [-0.05, 0) is 30.5 Å². The molecule has 0 fully saturated rings. The molecule has 4 nitrogen and oxygen atoms in total. The summed E-state index contributed by atoms with van der Waals surface area (Å²) in [6.07, 6.45) is 5.99. The first-order valence-corrected chi connectivity index (χ1v) is 7.94. The zero-order valence-corrected chi connectivity index (χ0v) is 13.4. The van der Waals surface area contributed by atoms with Crippen molar-refractivity contribution in [2.45, 2.75) is 32.2 Å². The topological polar surface area (TPSA) is 54.5 Å². The van der Waals surface area contributed by atoms with Crippen LogP contribution in [0, 0.1) is 11.3 Å². The molecule has 1 aliphatic heterocycles. The van der Waals surface area contributed by atoms with E-state index in [1.807, 2.05) is 10.6 Å². The van der Waals surface area contributed by atoms with Crippen LogP contribution >= 0.6 is 23.2 Å². The molecule has 2 aromatic rings. The summed E-state index contributed by atoms with van der Waals surface area (Å²) in [4.78, 5) is 0. The van der Waals surface area contributed by atoms with Crippen molar-refractivity contribution >= 4 is 34.9 Å². The molecule has 0 bridgehead atoms. The van der Waals surface area contributed by atoms with E-state index < -0.39 is 0 Å². The van der Waals surface area contributed by atoms with Crippen LogP contribution in [0.1, 0.15) is 36.5 Å². The van der Waals surface area contributed by atoms with Gasteiger partial charge in [-0.3, -0.25) is 0 Å². The van der Waals surface area contributed by atoms with Crippen molar-refractivity contribution in [2.24, 2.45) is 0 Å². The van der Waals surface area contributed by atoms with Crippen LogP contribution in [0.25, 0.3) is 11.6 Å². The fourth-order valence-electron chi connectivity index (χ4n) is 2.62. The number of fused-ring (bicyclic) bond motifs is 1. The van der Waals surface area contributed by atoms with Gasteiger partial charge in [0.1, 0.15) is 11.9 Å². The molecule has 6 heteroatoms. The number of halogens is 2. The summed E-state index contributed by atoms with van der Waals surface area (Å²) in [6, 6.07) is 7.55. The van der Waals surface area contributed by atoms with E-state index >= 15 is 0 Å². The molecule has 3 rings (SSSR count). The number of nitriles is 1. The number of benzene rings is 1. The molecule has 1 aromatic carbocycles. The number of rotatable bonds is 2. The Morgan fingerprint density at radius 1 is 1.23 bits per heavy atom. The molecule has 0 aliphatic carbocycles. The molecule has 1 aromatic heterocycles. The zero-order chi connectivity index (χ0) is 15.5. The molecule has 0 N–H and O–H groups in total. The van der Waals surface area contributed by atoms with Gasteiger partial charge in [0.15, 0.2) is 5.82 Å². The Labute approximate surface area is 139 Å². The Kier molecular flexibility index (Phi) is 4.47. The highest BCUT2D eigenvalue weighted by molar-refractivity contribution is 6.43. The first kappa shape index (κ1) is 15.1. The highest BCUT2D eigenvalue weighted by Crippen LogP contribution is 2.29. The summed E-state index contributed by atoms with van der Waals surface area (Å²) >= 11 is 12.2. The van der Waals surface area contributed by atoms with Gasteiger partial charge in [-0.2, -0.15) is 5.26 Å². The number of hydrogen-bond donors (Lipinski definition) is 0. The maximum Gasteiger partial charge on any atom is 0.174 e. The number of nitrogens with zero attached hydrogens (tertiary/aromatic N) is 4. The number of aryl methyl sites for hydroxylation is 1. The van der Waals surface area contributed by atoms with Crippen molar-refractivity contribution in [2.75, 3.05) is 0 Å². The molecule has 0 saturated carbocycles. The predicted octanol–water partition coefficient (Wildman–Crippen LogP) is 4.38. The second-order valence-corrected chi connectivity index (χ2v) is 6.00. The van der Waals surface area contributed by atoms with Crippen LogP contribution in [0.3, 0.4) is 0 Å². The Bertz CT molecular complexity index is 771. The van der Waals surface area contributed by atoms with Crippen LogP contribution < -0.4 is 0 Å². The molecule has 0 amide bonds. The maximum absolute atomic E-state index is 9.52. The second kappa shape index (κ2) is 6.51. The van der Waals surface area contributed by atoms with Crippen LogP contribution in [0.5, 0.6) is 0 Å². The molecule has 0 radical (unpaired) electrons. The Morgan fingerprint density at radius 3 is 2.91 bits per heavy atom. The van der Waals surface area contributed by atoms with Gasteiger partial charge in [-0.15, -0.1) is 10.2 Å². The van der Waals surface area contributed by atoms with Crippen molar-refractivity contribution < 1.29 is 0 Å². The maximum atomic E-state index is 9.52. The third-order valence-corrected chi connectivity index (χ3v) is 4.59. The van der Waals surface area contributed by atoms with Gasteiger partial charge in [0.25, 0.3) is 0 Å². The van der Waals surface area contributed by atoms with Crippen molar-refractivity contribution in [1.29, 1.82) is 5.26 Å². The van der Waals surface area contributed by atoms with Crippen molar-refractivity contribution in [3.8, 4) is 6.07 Å². The van der Waals surface area contributed by atoms with Crippen LogP contribution in [0.15, 0.2) is 18.2 Å². The minimum Gasteiger partial charge on any atom is -0.310 e. The lowest BCUT2D eigenvalue weighted by Crippen LogP contribution is -2.05. The van der Waals surface area contributed by atoms with Gasteiger partial charge >= 0.3 is 0 Å². The summed E-state index contributed by atoms with van der Waals surface area (Å²) in [5.74, 6) is 1.56. The molecule has 112 valence electrons. The molecular weight excluding hydrogens is 319 g/mol.